The van der Waals surface area contributed by atoms with E-state index in [1.165, 1.54) is 71.3 Å². The van der Waals surface area contributed by atoms with E-state index in [4.69, 9.17) is 4.42 Å². The largest absolute Gasteiger partial charge is 0.456 e. The zero-order chi connectivity index (χ0) is 28.3. The summed E-state index contributed by atoms with van der Waals surface area (Å²) in [5, 5.41) is 7.40. The molecular weight excluding hydrogens is 522 g/mol. The van der Waals surface area contributed by atoms with Gasteiger partial charge in [-0.2, -0.15) is 0 Å². The number of para-hydroxylation sites is 3. The molecule has 0 bridgehead atoms. The third-order valence-corrected chi connectivity index (χ3v) is 8.84. The molecule has 2 aromatic heterocycles. The highest BCUT2D eigenvalue weighted by Crippen LogP contribution is 2.37. The van der Waals surface area contributed by atoms with Crippen molar-refractivity contribution in [3.05, 3.63) is 163 Å². The van der Waals surface area contributed by atoms with Crippen molar-refractivity contribution in [2.45, 2.75) is 6.42 Å². The molecule has 0 N–H and O–H groups in total. The maximum absolute atomic E-state index is 6.46. The minimum atomic E-state index is 0.818. The van der Waals surface area contributed by atoms with E-state index < -0.39 is 0 Å². The van der Waals surface area contributed by atoms with E-state index in [0.29, 0.717) is 0 Å². The van der Waals surface area contributed by atoms with Crippen LogP contribution in [0.1, 0.15) is 11.1 Å². The molecule has 0 atom stereocenters. The molecular formula is C41H27NO. The molecule has 0 fully saturated rings. The molecule has 2 nitrogen and oxygen atoms in total. The van der Waals surface area contributed by atoms with E-state index in [1.807, 2.05) is 0 Å². The van der Waals surface area contributed by atoms with Gasteiger partial charge in [0.05, 0.1) is 11.0 Å². The molecule has 43 heavy (non-hydrogen) atoms. The van der Waals surface area contributed by atoms with Crippen LogP contribution in [0.4, 0.5) is 0 Å². The summed E-state index contributed by atoms with van der Waals surface area (Å²) in [6.07, 6.45) is 0.818. The summed E-state index contributed by atoms with van der Waals surface area (Å²) < 4.78 is 8.83. The van der Waals surface area contributed by atoms with E-state index in [2.05, 4.69) is 156 Å². The van der Waals surface area contributed by atoms with Gasteiger partial charge in [0.15, 0.2) is 0 Å². The Balaban J connectivity index is 1.09. The van der Waals surface area contributed by atoms with Crippen molar-refractivity contribution in [1.82, 2.24) is 4.57 Å². The molecule has 7 aromatic carbocycles. The Labute approximate surface area is 249 Å². The third-order valence-electron chi connectivity index (χ3n) is 8.84. The van der Waals surface area contributed by atoms with Crippen molar-refractivity contribution in [2.75, 3.05) is 0 Å². The molecule has 0 radical (unpaired) electrons. The van der Waals surface area contributed by atoms with Gasteiger partial charge in [-0.05, 0) is 69.4 Å². The zero-order valence-electron chi connectivity index (χ0n) is 23.5. The maximum Gasteiger partial charge on any atom is 0.138 e. The minimum absolute atomic E-state index is 0.818. The van der Waals surface area contributed by atoms with Gasteiger partial charge >= 0.3 is 0 Å². The van der Waals surface area contributed by atoms with Gasteiger partial charge in [-0.1, -0.05) is 115 Å². The molecule has 0 aliphatic heterocycles. The molecule has 0 saturated heterocycles. The Kier molecular flexibility index (Phi) is 5.30. The van der Waals surface area contributed by atoms with Gasteiger partial charge in [-0.3, -0.25) is 0 Å². The van der Waals surface area contributed by atoms with Gasteiger partial charge in [0.25, 0.3) is 0 Å². The highest BCUT2D eigenvalue weighted by Gasteiger charge is 2.15. The smallest absolute Gasteiger partial charge is 0.138 e. The second-order valence-corrected chi connectivity index (χ2v) is 11.3. The summed E-state index contributed by atoms with van der Waals surface area (Å²) in [7, 11) is 0. The maximum atomic E-state index is 6.46. The minimum Gasteiger partial charge on any atom is -0.456 e. The van der Waals surface area contributed by atoms with Crippen LogP contribution < -0.4 is 0 Å². The summed E-state index contributed by atoms with van der Waals surface area (Å²) in [6.45, 7) is 0. The average molecular weight is 550 g/mol. The number of benzene rings is 7. The monoisotopic (exact) mass is 549 g/mol. The summed E-state index contributed by atoms with van der Waals surface area (Å²) in [5.74, 6) is 0. The van der Waals surface area contributed by atoms with E-state index in [0.717, 1.165) is 17.6 Å². The van der Waals surface area contributed by atoms with E-state index in [1.54, 1.807) is 0 Å². The molecule has 9 aromatic rings. The SMILES string of the molecule is c1ccc(-n2c3ccccc3c3cc(-c4ccc(Cc5cccc6c5oc5ccc7ccccc7c56)cc4)ccc32)cc1. The molecule has 2 heteroatoms. The van der Waals surface area contributed by atoms with Crippen LogP contribution in [0.15, 0.2) is 156 Å². The molecule has 0 unspecified atom stereocenters. The number of furan rings is 1. The third kappa shape index (κ3) is 3.80. The predicted molar refractivity (Wildman–Crippen MR) is 180 cm³/mol. The Morgan fingerprint density at radius 3 is 2.09 bits per heavy atom. The molecule has 0 amide bonds. The number of nitrogens with zero attached hydrogens (tertiary/aromatic N) is 1. The van der Waals surface area contributed by atoms with Gasteiger partial charge in [-0.15, -0.1) is 0 Å². The van der Waals surface area contributed by atoms with E-state index >= 15 is 0 Å². The molecule has 202 valence electrons. The van der Waals surface area contributed by atoms with Crippen molar-refractivity contribution in [3.8, 4) is 16.8 Å². The normalized spacial score (nSPS) is 11.8. The fourth-order valence-corrected chi connectivity index (χ4v) is 6.81. The summed E-state index contributed by atoms with van der Waals surface area (Å²) in [6, 6.07) is 54.5. The molecule has 2 heterocycles. The number of hydrogen-bond donors (Lipinski definition) is 0. The zero-order valence-corrected chi connectivity index (χ0v) is 23.5. The highest BCUT2D eigenvalue weighted by molar-refractivity contribution is 6.19. The van der Waals surface area contributed by atoms with Gasteiger partial charge in [0.1, 0.15) is 11.2 Å². The van der Waals surface area contributed by atoms with Crippen molar-refractivity contribution in [1.29, 1.82) is 0 Å². The summed E-state index contributed by atoms with van der Waals surface area (Å²) in [5.41, 5.74) is 10.5. The summed E-state index contributed by atoms with van der Waals surface area (Å²) in [4.78, 5) is 0. The van der Waals surface area contributed by atoms with Crippen molar-refractivity contribution in [3.63, 3.8) is 0 Å². The first kappa shape index (κ1) is 24.0. The Morgan fingerprint density at radius 2 is 1.21 bits per heavy atom. The molecule has 0 saturated carbocycles. The topological polar surface area (TPSA) is 18.1 Å². The Morgan fingerprint density at radius 1 is 0.488 bits per heavy atom. The van der Waals surface area contributed by atoms with Crippen LogP contribution in [0.25, 0.3) is 71.3 Å². The number of hydrogen-bond acceptors (Lipinski definition) is 1. The lowest BCUT2D eigenvalue weighted by atomic mass is 9.97. The Hall–Kier alpha value is -5.60. The van der Waals surface area contributed by atoms with Crippen LogP contribution in [0.2, 0.25) is 0 Å². The Bertz CT molecular complexity index is 2460. The number of fused-ring (bicyclic) bond motifs is 8. The van der Waals surface area contributed by atoms with Gasteiger partial charge in [0.2, 0.25) is 0 Å². The summed E-state index contributed by atoms with van der Waals surface area (Å²) >= 11 is 0. The lowest BCUT2D eigenvalue weighted by Crippen LogP contribution is -1.92. The molecule has 9 rings (SSSR count). The van der Waals surface area contributed by atoms with E-state index in [-0.39, 0.29) is 0 Å². The highest BCUT2D eigenvalue weighted by atomic mass is 16.3. The quantitative estimate of drug-likeness (QED) is 0.213. The van der Waals surface area contributed by atoms with Gasteiger partial charge in [0, 0.05) is 33.7 Å². The van der Waals surface area contributed by atoms with Crippen LogP contribution >= 0.6 is 0 Å². The van der Waals surface area contributed by atoms with Crippen LogP contribution in [0.3, 0.4) is 0 Å². The van der Waals surface area contributed by atoms with Crippen LogP contribution in [-0.4, -0.2) is 4.57 Å². The van der Waals surface area contributed by atoms with Crippen LogP contribution in [0.5, 0.6) is 0 Å². The van der Waals surface area contributed by atoms with Gasteiger partial charge < -0.3 is 8.98 Å². The van der Waals surface area contributed by atoms with Crippen LogP contribution in [-0.2, 0) is 6.42 Å². The average Bonchev–Trinajstić information content (AvgIpc) is 3.62. The number of aromatic nitrogens is 1. The standard InChI is InChI=1S/C41H27NO/c1-2-11-32(12-3-1)42-37-16-7-6-14-34(37)36-26-30(21-23-38(36)42)28-19-17-27(18-20-28)25-31-10-8-15-35-40-33-13-5-4-9-29(33)22-24-39(40)43-41(31)35/h1-24,26H,25H2. The molecule has 0 aliphatic rings. The lowest BCUT2D eigenvalue weighted by Gasteiger charge is -2.09. The van der Waals surface area contributed by atoms with Gasteiger partial charge in [-0.25, -0.2) is 0 Å². The first-order valence-corrected chi connectivity index (χ1v) is 14.8. The first-order valence-electron chi connectivity index (χ1n) is 14.8. The van der Waals surface area contributed by atoms with Crippen LogP contribution in [0, 0.1) is 0 Å². The lowest BCUT2D eigenvalue weighted by molar-refractivity contribution is 0.664. The van der Waals surface area contributed by atoms with E-state index in [9.17, 15) is 0 Å². The second kappa shape index (κ2) is 9.47. The second-order valence-electron chi connectivity index (χ2n) is 11.3. The van der Waals surface area contributed by atoms with Crippen molar-refractivity contribution < 1.29 is 4.42 Å². The predicted octanol–water partition coefficient (Wildman–Crippen LogP) is 11.1. The number of rotatable bonds is 4. The van der Waals surface area contributed by atoms with Crippen molar-refractivity contribution >= 4 is 54.5 Å². The fraction of sp³-hybridized carbons (Fsp3) is 0.0244. The first-order chi connectivity index (χ1) is 21.3. The van der Waals surface area contributed by atoms with Crippen molar-refractivity contribution in [2.24, 2.45) is 0 Å². The molecule has 0 spiro atoms. The molecule has 0 aliphatic carbocycles. The fourth-order valence-electron chi connectivity index (χ4n) is 6.81.